The highest BCUT2D eigenvalue weighted by Crippen LogP contribution is 2.22. The number of alkyl halides is 1. The van der Waals surface area contributed by atoms with Crippen molar-refractivity contribution >= 4 is 25.8 Å². The molecule has 1 fully saturated rings. The molecule has 1 rings (SSSR count). The molecule has 18 heavy (non-hydrogen) atoms. The standard InChI is InChI=1S/C12H24BrNO3S/c1-10(2)18(15,16)6-5-14-8-11(7-13)17-12(3,4)9-14/h10-11H,5-9H2,1-4H3. The van der Waals surface area contributed by atoms with Crippen LogP contribution in [0.3, 0.4) is 0 Å². The zero-order valence-corrected chi connectivity index (χ0v) is 14.1. The van der Waals surface area contributed by atoms with Crippen LogP contribution in [0.1, 0.15) is 27.7 Å². The topological polar surface area (TPSA) is 46.6 Å². The number of sulfone groups is 1. The van der Waals surface area contributed by atoms with E-state index in [0.29, 0.717) is 6.54 Å². The second-order valence-electron chi connectivity index (χ2n) is 5.80. The van der Waals surface area contributed by atoms with Gasteiger partial charge in [0.25, 0.3) is 0 Å². The molecule has 0 saturated carbocycles. The smallest absolute Gasteiger partial charge is 0.153 e. The summed E-state index contributed by atoms with van der Waals surface area (Å²) < 4.78 is 29.5. The lowest BCUT2D eigenvalue weighted by Crippen LogP contribution is -2.54. The van der Waals surface area contributed by atoms with Gasteiger partial charge in [0.2, 0.25) is 0 Å². The molecule has 0 radical (unpaired) electrons. The van der Waals surface area contributed by atoms with Crippen molar-refractivity contribution in [3.8, 4) is 0 Å². The fraction of sp³-hybridized carbons (Fsp3) is 1.00. The molecular formula is C12H24BrNO3S. The van der Waals surface area contributed by atoms with Gasteiger partial charge in [-0.25, -0.2) is 8.42 Å². The van der Waals surface area contributed by atoms with E-state index in [0.717, 1.165) is 18.4 Å². The fourth-order valence-electron chi connectivity index (χ4n) is 2.16. The van der Waals surface area contributed by atoms with Gasteiger partial charge in [-0.05, 0) is 27.7 Å². The van der Waals surface area contributed by atoms with Crippen molar-refractivity contribution in [1.29, 1.82) is 0 Å². The maximum absolute atomic E-state index is 11.8. The summed E-state index contributed by atoms with van der Waals surface area (Å²) in [7, 11) is -2.95. The van der Waals surface area contributed by atoms with Crippen LogP contribution in [0.15, 0.2) is 0 Å². The number of hydrogen-bond donors (Lipinski definition) is 0. The summed E-state index contributed by atoms with van der Waals surface area (Å²) in [5, 5.41) is 0.489. The predicted molar refractivity (Wildman–Crippen MR) is 78.1 cm³/mol. The highest BCUT2D eigenvalue weighted by atomic mass is 79.9. The molecule has 0 N–H and O–H groups in total. The molecule has 0 amide bonds. The van der Waals surface area contributed by atoms with E-state index < -0.39 is 9.84 Å². The van der Waals surface area contributed by atoms with Crippen LogP contribution >= 0.6 is 15.9 Å². The van der Waals surface area contributed by atoms with Gasteiger partial charge in [-0.3, -0.25) is 4.90 Å². The quantitative estimate of drug-likeness (QED) is 0.714. The highest BCUT2D eigenvalue weighted by molar-refractivity contribution is 9.09. The van der Waals surface area contributed by atoms with Crippen LogP contribution < -0.4 is 0 Å². The number of rotatable bonds is 5. The summed E-state index contributed by atoms with van der Waals surface area (Å²) in [6, 6.07) is 0. The second-order valence-corrected chi connectivity index (χ2v) is 9.13. The van der Waals surface area contributed by atoms with Gasteiger partial charge in [0.05, 0.1) is 22.7 Å². The van der Waals surface area contributed by atoms with E-state index in [2.05, 4.69) is 20.8 Å². The van der Waals surface area contributed by atoms with Crippen LogP contribution in [0, 0.1) is 0 Å². The molecule has 0 aliphatic carbocycles. The maximum atomic E-state index is 11.8. The van der Waals surface area contributed by atoms with Gasteiger partial charge in [0, 0.05) is 25.0 Å². The summed E-state index contributed by atoms with van der Waals surface area (Å²) in [5.74, 6) is 0.232. The Morgan fingerprint density at radius 3 is 2.56 bits per heavy atom. The second kappa shape index (κ2) is 6.20. The number of morpholine rings is 1. The van der Waals surface area contributed by atoms with Crippen molar-refractivity contribution in [2.45, 2.75) is 44.6 Å². The highest BCUT2D eigenvalue weighted by Gasteiger charge is 2.33. The predicted octanol–water partition coefficient (Wildman–Crippen LogP) is 1.68. The molecule has 1 saturated heterocycles. The van der Waals surface area contributed by atoms with Gasteiger partial charge < -0.3 is 4.74 Å². The van der Waals surface area contributed by atoms with E-state index in [-0.39, 0.29) is 22.7 Å². The van der Waals surface area contributed by atoms with Crippen molar-refractivity contribution in [3.63, 3.8) is 0 Å². The molecular weight excluding hydrogens is 318 g/mol. The molecule has 1 aliphatic heterocycles. The van der Waals surface area contributed by atoms with E-state index in [9.17, 15) is 8.42 Å². The molecule has 0 aromatic heterocycles. The summed E-state index contributed by atoms with van der Waals surface area (Å²) in [5.41, 5.74) is -0.210. The van der Waals surface area contributed by atoms with Gasteiger partial charge in [-0.15, -0.1) is 0 Å². The third kappa shape index (κ3) is 4.79. The van der Waals surface area contributed by atoms with Gasteiger partial charge in [-0.2, -0.15) is 0 Å². The van der Waals surface area contributed by atoms with Gasteiger partial charge in [0.15, 0.2) is 9.84 Å². The minimum Gasteiger partial charge on any atom is -0.369 e. The molecule has 0 aromatic rings. The fourth-order valence-corrected chi connectivity index (χ4v) is 3.48. The molecule has 6 heteroatoms. The van der Waals surface area contributed by atoms with Crippen LogP contribution in [0.2, 0.25) is 0 Å². The molecule has 0 aromatic carbocycles. The molecule has 1 atom stereocenters. The van der Waals surface area contributed by atoms with E-state index in [1.807, 2.05) is 13.8 Å². The Morgan fingerprint density at radius 1 is 1.44 bits per heavy atom. The zero-order valence-electron chi connectivity index (χ0n) is 11.6. The molecule has 1 aliphatic rings. The summed E-state index contributed by atoms with van der Waals surface area (Å²) in [6.45, 7) is 9.74. The lowest BCUT2D eigenvalue weighted by atomic mass is 10.1. The molecule has 4 nitrogen and oxygen atoms in total. The van der Waals surface area contributed by atoms with E-state index in [1.165, 1.54) is 0 Å². The van der Waals surface area contributed by atoms with Crippen molar-refractivity contribution in [1.82, 2.24) is 4.90 Å². The van der Waals surface area contributed by atoms with Gasteiger partial charge in [-0.1, -0.05) is 15.9 Å². The number of ether oxygens (including phenoxy) is 1. The summed E-state index contributed by atoms with van der Waals surface area (Å²) in [4.78, 5) is 2.19. The minimum atomic E-state index is -2.95. The minimum absolute atomic E-state index is 0.135. The van der Waals surface area contributed by atoms with Crippen molar-refractivity contribution in [2.75, 3.05) is 30.7 Å². The first-order valence-electron chi connectivity index (χ1n) is 6.34. The van der Waals surface area contributed by atoms with Crippen LogP contribution in [-0.2, 0) is 14.6 Å². The lowest BCUT2D eigenvalue weighted by molar-refractivity contribution is -0.125. The number of nitrogens with zero attached hydrogens (tertiary/aromatic N) is 1. The average molecular weight is 342 g/mol. The molecule has 0 bridgehead atoms. The van der Waals surface area contributed by atoms with Crippen LogP contribution in [-0.4, -0.2) is 61.0 Å². The average Bonchev–Trinajstić information content (AvgIpc) is 2.24. The van der Waals surface area contributed by atoms with Gasteiger partial charge in [0.1, 0.15) is 0 Å². The summed E-state index contributed by atoms with van der Waals surface area (Å²) >= 11 is 3.43. The SMILES string of the molecule is CC(C)S(=O)(=O)CCN1CC(CBr)OC(C)(C)C1. The van der Waals surface area contributed by atoms with Crippen LogP contribution in [0.5, 0.6) is 0 Å². The monoisotopic (exact) mass is 341 g/mol. The number of halogens is 1. The maximum Gasteiger partial charge on any atom is 0.153 e. The van der Waals surface area contributed by atoms with Gasteiger partial charge >= 0.3 is 0 Å². The summed E-state index contributed by atoms with van der Waals surface area (Å²) in [6.07, 6.45) is 0.135. The Bertz CT molecular complexity index is 368. The zero-order chi connectivity index (χ0) is 14.0. The van der Waals surface area contributed by atoms with Crippen molar-refractivity contribution in [2.24, 2.45) is 0 Å². The Balaban J connectivity index is 2.57. The molecule has 0 spiro atoms. The van der Waals surface area contributed by atoms with Crippen LogP contribution in [0.25, 0.3) is 0 Å². The Kier molecular flexibility index (Phi) is 5.65. The first-order valence-corrected chi connectivity index (χ1v) is 9.18. The third-order valence-corrected chi connectivity index (χ3v) is 6.04. The number of hydrogen-bond acceptors (Lipinski definition) is 4. The van der Waals surface area contributed by atoms with E-state index in [4.69, 9.17) is 4.74 Å². The van der Waals surface area contributed by atoms with Crippen LogP contribution in [0.4, 0.5) is 0 Å². The lowest BCUT2D eigenvalue weighted by Gasteiger charge is -2.42. The molecule has 1 unspecified atom stereocenters. The Morgan fingerprint density at radius 2 is 2.06 bits per heavy atom. The van der Waals surface area contributed by atoms with E-state index >= 15 is 0 Å². The van der Waals surface area contributed by atoms with Crippen molar-refractivity contribution in [3.05, 3.63) is 0 Å². The largest absolute Gasteiger partial charge is 0.369 e. The molecule has 108 valence electrons. The van der Waals surface area contributed by atoms with Crippen molar-refractivity contribution < 1.29 is 13.2 Å². The Labute approximate surface area is 119 Å². The van der Waals surface area contributed by atoms with E-state index in [1.54, 1.807) is 13.8 Å². The third-order valence-electron chi connectivity index (χ3n) is 3.13. The Hall–Kier alpha value is 0.350. The normalized spacial score (nSPS) is 25.6. The molecule has 1 heterocycles. The first kappa shape index (κ1) is 16.4. The first-order chi connectivity index (χ1) is 8.16.